The van der Waals surface area contributed by atoms with Gasteiger partial charge >= 0.3 is 0 Å². The number of anilines is 1. The third kappa shape index (κ3) is 4.29. The van der Waals surface area contributed by atoms with Crippen LogP contribution in [0.15, 0.2) is 24.3 Å². The lowest BCUT2D eigenvalue weighted by Gasteiger charge is -2.28. The number of hydrogen-bond donors (Lipinski definition) is 0. The monoisotopic (exact) mass is 291 g/mol. The van der Waals surface area contributed by atoms with E-state index in [1.165, 1.54) is 0 Å². The molecule has 1 heterocycles. The number of rotatable bonds is 6. The highest BCUT2D eigenvalue weighted by Gasteiger charge is 2.22. The van der Waals surface area contributed by atoms with Crippen LogP contribution in [0.5, 0.6) is 0 Å². The van der Waals surface area contributed by atoms with Crippen molar-refractivity contribution in [2.75, 3.05) is 24.7 Å². The van der Waals surface area contributed by atoms with Crippen molar-refractivity contribution in [2.45, 2.75) is 45.8 Å². The Morgan fingerprint density at radius 2 is 2.19 bits per heavy atom. The second-order valence-corrected chi connectivity index (χ2v) is 5.79. The molecule has 1 saturated heterocycles. The zero-order chi connectivity index (χ0) is 15.2. The molecule has 1 atom stereocenters. The second kappa shape index (κ2) is 7.57. The molecule has 21 heavy (non-hydrogen) atoms. The molecule has 0 radical (unpaired) electrons. The average molecular weight is 291 g/mol. The van der Waals surface area contributed by atoms with Gasteiger partial charge in [-0.25, -0.2) is 0 Å². The van der Waals surface area contributed by atoms with Crippen LogP contribution in [-0.4, -0.2) is 37.9 Å². The number of amides is 1. The highest BCUT2D eigenvalue weighted by Crippen LogP contribution is 2.22. The lowest BCUT2D eigenvalue weighted by molar-refractivity contribution is -0.124. The molecule has 1 fully saturated rings. The van der Waals surface area contributed by atoms with Crippen LogP contribution in [-0.2, 0) is 14.3 Å². The van der Waals surface area contributed by atoms with Crippen LogP contribution in [0.25, 0.3) is 0 Å². The van der Waals surface area contributed by atoms with Gasteiger partial charge in [0, 0.05) is 18.3 Å². The Bertz CT molecular complexity index is 467. The van der Waals surface area contributed by atoms with E-state index >= 15 is 0 Å². The molecule has 0 aromatic heterocycles. The fourth-order valence-corrected chi connectivity index (χ4v) is 2.66. The van der Waals surface area contributed by atoms with Crippen LogP contribution in [0.1, 0.15) is 32.3 Å². The van der Waals surface area contributed by atoms with Crippen molar-refractivity contribution < 1.29 is 14.3 Å². The molecule has 0 aliphatic carbocycles. The predicted molar refractivity (Wildman–Crippen MR) is 83.6 cm³/mol. The number of benzene rings is 1. The second-order valence-electron chi connectivity index (χ2n) is 5.79. The van der Waals surface area contributed by atoms with Gasteiger partial charge in [0.05, 0.1) is 12.7 Å². The van der Waals surface area contributed by atoms with E-state index in [0.717, 1.165) is 30.7 Å². The van der Waals surface area contributed by atoms with Gasteiger partial charge in [-0.2, -0.15) is 0 Å². The molecule has 0 N–H and O–H groups in total. The molecule has 1 aromatic carbocycles. The summed E-state index contributed by atoms with van der Waals surface area (Å²) >= 11 is 0. The van der Waals surface area contributed by atoms with Crippen LogP contribution in [0, 0.1) is 6.92 Å². The van der Waals surface area contributed by atoms with E-state index in [4.69, 9.17) is 9.47 Å². The third-order valence-electron chi connectivity index (χ3n) is 3.71. The summed E-state index contributed by atoms with van der Waals surface area (Å²) in [7, 11) is 0. The van der Waals surface area contributed by atoms with E-state index in [1.807, 2.05) is 49.9 Å². The molecule has 0 bridgehead atoms. The van der Waals surface area contributed by atoms with Crippen molar-refractivity contribution in [1.29, 1.82) is 0 Å². The molecule has 1 aliphatic heterocycles. The standard InChI is InChI=1S/C17H25NO3/c1-13(2)18(16-9-5-4-7-14(16)3)17(19)12-20-11-15-8-6-10-21-15/h4-5,7,9,13,15H,6,8,10-12H2,1-3H3/t15-/m1/s1. The van der Waals surface area contributed by atoms with E-state index < -0.39 is 0 Å². The first-order valence-corrected chi connectivity index (χ1v) is 7.66. The lowest BCUT2D eigenvalue weighted by atomic mass is 10.1. The van der Waals surface area contributed by atoms with Gasteiger partial charge in [0.1, 0.15) is 6.61 Å². The Balaban J connectivity index is 1.94. The number of para-hydroxylation sites is 1. The minimum atomic E-state index is -0.00250. The molecule has 1 aliphatic rings. The summed E-state index contributed by atoms with van der Waals surface area (Å²) in [5, 5.41) is 0. The van der Waals surface area contributed by atoms with Crippen molar-refractivity contribution in [1.82, 2.24) is 0 Å². The van der Waals surface area contributed by atoms with Crippen molar-refractivity contribution in [3.8, 4) is 0 Å². The summed E-state index contributed by atoms with van der Waals surface area (Å²) < 4.78 is 11.1. The lowest BCUT2D eigenvalue weighted by Crippen LogP contribution is -2.40. The zero-order valence-corrected chi connectivity index (χ0v) is 13.2. The van der Waals surface area contributed by atoms with Gasteiger partial charge < -0.3 is 14.4 Å². The van der Waals surface area contributed by atoms with Crippen molar-refractivity contribution in [3.05, 3.63) is 29.8 Å². The summed E-state index contributed by atoms with van der Waals surface area (Å²) in [6, 6.07) is 8.04. The van der Waals surface area contributed by atoms with Gasteiger partial charge in [0.2, 0.25) is 0 Å². The molecule has 1 amide bonds. The predicted octanol–water partition coefficient (Wildman–Crippen LogP) is 2.93. The highest BCUT2D eigenvalue weighted by atomic mass is 16.5. The van der Waals surface area contributed by atoms with Crippen LogP contribution in [0.3, 0.4) is 0 Å². The molecule has 2 rings (SSSR count). The normalized spacial score (nSPS) is 18.2. The number of aryl methyl sites for hydroxylation is 1. The molecular weight excluding hydrogens is 266 g/mol. The molecular formula is C17H25NO3. The molecule has 116 valence electrons. The molecule has 0 unspecified atom stereocenters. The van der Waals surface area contributed by atoms with Crippen LogP contribution in [0.2, 0.25) is 0 Å². The molecule has 4 nitrogen and oxygen atoms in total. The molecule has 1 aromatic rings. The average Bonchev–Trinajstić information content (AvgIpc) is 2.94. The van der Waals surface area contributed by atoms with Gasteiger partial charge in [-0.3, -0.25) is 4.79 Å². The molecule has 0 saturated carbocycles. The van der Waals surface area contributed by atoms with Crippen molar-refractivity contribution in [2.24, 2.45) is 0 Å². The van der Waals surface area contributed by atoms with Gasteiger partial charge in [-0.05, 0) is 45.2 Å². The Morgan fingerprint density at radius 1 is 1.43 bits per heavy atom. The number of hydrogen-bond acceptors (Lipinski definition) is 3. The minimum absolute atomic E-state index is 0.00250. The van der Waals surface area contributed by atoms with E-state index in [2.05, 4.69) is 0 Å². The highest BCUT2D eigenvalue weighted by molar-refractivity contribution is 5.95. The fourth-order valence-electron chi connectivity index (χ4n) is 2.66. The molecule has 0 spiro atoms. The summed E-state index contributed by atoms with van der Waals surface area (Å²) in [6.45, 7) is 7.47. The Kier molecular flexibility index (Phi) is 5.76. The van der Waals surface area contributed by atoms with E-state index in [1.54, 1.807) is 0 Å². The topological polar surface area (TPSA) is 38.8 Å². The SMILES string of the molecule is Cc1ccccc1N(C(=O)COC[C@H]1CCCO1)C(C)C. The smallest absolute Gasteiger partial charge is 0.253 e. The van der Waals surface area contributed by atoms with E-state index in [0.29, 0.717) is 6.61 Å². The zero-order valence-electron chi connectivity index (χ0n) is 13.2. The minimum Gasteiger partial charge on any atom is -0.376 e. The summed E-state index contributed by atoms with van der Waals surface area (Å²) in [4.78, 5) is 14.3. The Hall–Kier alpha value is -1.39. The van der Waals surface area contributed by atoms with Crippen LogP contribution < -0.4 is 4.90 Å². The van der Waals surface area contributed by atoms with Gasteiger partial charge in [-0.1, -0.05) is 18.2 Å². The van der Waals surface area contributed by atoms with Crippen LogP contribution >= 0.6 is 0 Å². The van der Waals surface area contributed by atoms with Crippen molar-refractivity contribution in [3.63, 3.8) is 0 Å². The van der Waals surface area contributed by atoms with E-state index in [9.17, 15) is 4.79 Å². The van der Waals surface area contributed by atoms with E-state index in [-0.39, 0.29) is 24.7 Å². The summed E-state index contributed by atoms with van der Waals surface area (Å²) in [5.74, 6) is -0.00250. The maximum atomic E-state index is 12.5. The number of carbonyl (C=O) groups excluding carboxylic acids is 1. The van der Waals surface area contributed by atoms with Crippen LogP contribution in [0.4, 0.5) is 5.69 Å². The Morgan fingerprint density at radius 3 is 2.81 bits per heavy atom. The number of carbonyl (C=O) groups is 1. The first-order chi connectivity index (χ1) is 10.1. The molecule has 4 heteroatoms. The number of ether oxygens (including phenoxy) is 2. The number of nitrogens with zero attached hydrogens (tertiary/aromatic N) is 1. The van der Waals surface area contributed by atoms with Crippen molar-refractivity contribution >= 4 is 11.6 Å². The first kappa shape index (κ1) is 16.0. The van der Waals surface area contributed by atoms with Gasteiger partial charge in [0.25, 0.3) is 5.91 Å². The van der Waals surface area contributed by atoms with Gasteiger partial charge in [-0.15, -0.1) is 0 Å². The maximum Gasteiger partial charge on any atom is 0.253 e. The third-order valence-corrected chi connectivity index (χ3v) is 3.71. The summed E-state index contributed by atoms with van der Waals surface area (Å²) in [5.41, 5.74) is 2.05. The fraction of sp³-hybridized carbons (Fsp3) is 0.588. The first-order valence-electron chi connectivity index (χ1n) is 7.66. The van der Waals surface area contributed by atoms with Gasteiger partial charge in [0.15, 0.2) is 0 Å². The largest absolute Gasteiger partial charge is 0.376 e. The Labute approximate surface area is 127 Å². The summed E-state index contributed by atoms with van der Waals surface area (Å²) in [6.07, 6.45) is 2.27. The quantitative estimate of drug-likeness (QED) is 0.809. The maximum absolute atomic E-state index is 12.5.